The van der Waals surface area contributed by atoms with E-state index in [9.17, 15) is 0 Å². The Morgan fingerprint density at radius 3 is 2.94 bits per heavy atom. The van der Waals surface area contributed by atoms with E-state index in [0.29, 0.717) is 12.6 Å². The lowest BCUT2D eigenvalue weighted by atomic mass is 10.5. The maximum Gasteiger partial charge on any atom is 0.191 e. The van der Waals surface area contributed by atoms with Crippen LogP contribution in [0.2, 0.25) is 0 Å². The second-order valence-electron chi connectivity index (χ2n) is 4.35. The first kappa shape index (κ1) is 11.7. The van der Waals surface area contributed by atoms with Gasteiger partial charge in [0.2, 0.25) is 0 Å². The van der Waals surface area contributed by atoms with E-state index in [1.165, 1.54) is 12.8 Å². The van der Waals surface area contributed by atoms with Crippen LogP contribution in [0.3, 0.4) is 0 Å². The number of hydrogen-bond acceptors (Lipinski definition) is 5. The van der Waals surface area contributed by atoms with Crippen LogP contribution >= 0.6 is 11.8 Å². The molecule has 0 atom stereocenters. The maximum absolute atomic E-state index is 5.69. The molecule has 0 bridgehead atoms. The SMILES string of the molecule is NCc1nnc(SCCn2ccnc2)n1C1CC1. The monoisotopic (exact) mass is 264 g/mol. The summed E-state index contributed by atoms with van der Waals surface area (Å²) < 4.78 is 4.27. The molecule has 0 amide bonds. The van der Waals surface area contributed by atoms with E-state index in [1.807, 2.05) is 12.5 Å². The number of hydrogen-bond donors (Lipinski definition) is 1. The van der Waals surface area contributed by atoms with Gasteiger partial charge in [-0.05, 0) is 12.8 Å². The highest BCUT2D eigenvalue weighted by atomic mass is 32.2. The van der Waals surface area contributed by atoms with Crippen LogP contribution in [-0.4, -0.2) is 30.1 Å². The van der Waals surface area contributed by atoms with Gasteiger partial charge in [0.1, 0.15) is 5.82 Å². The Morgan fingerprint density at radius 1 is 1.39 bits per heavy atom. The van der Waals surface area contributed by atoms with E-state index in [1.54, 1.807) is 18.0 Å². The summed E-state index contributed by atoms with van der Waals surface area (Å²) in [5, 5.41) is 9.40. The van der Waals surface area contributed by atoms with E-state index in [0.717, 1.165) is 23.3 Å². The number of aromatic nitrogens is 5. The lowest BCUT2D eigenvalue weighted by molar-refractivity contribution is 0.625. The highest BCUT2D eigenvalue weighted by Crippen LogP contribution is 2.38. The van der Waals surface area contributed by atoms with Crippen molar-refractivity contribution in [1.82, 2.24) is 24.3 Å². The standard InChI is InChI=1S/C11H16N6S/c12-7-10-14-15-11(17(10)9-1-2-9)18-6-5-16-4-3-13-8-16/h3-4,8-9H,1-2,5-7,12H2. The number of aryl methyl sites for hydroxylation is 1. The minimum atomic E-state index is 0.464. The molecule has 3 rings (SSSR count). The van der Waals surface area contributed by atoms with Crippen molar-refractivity contribution >= 4 is 11.8 Å². The molecular weight excluding hydrogens is 248 g/mol. The summed E-state index contributed by atoms with van der Waals surface area (Å²) in [4.78, 5) is 4.02. The molecular formula is C11H16N6S. The number of thioether (sulfide) groups is 1. The normalized spacial score (nSPS) is 15.2. The second-order valence-corrected chi connectivity index (χ2v) is 5.42. The molecule has 1 aliphatic carbocycles. The Hall–Kier alpha value is -1.34. The predicted molar refractivity (Wildman–Crippen MR) is 69.1 cm³/mol. The molecule has 0 aliphatic heterocycles. The van der Waals surface area contributed by atoms with Gasteiger partial charge in [-0.25, -0.2) is 4.98 Å². The van der Waals surface area contributed by atoms with Gasteiger partial charge < -0.3 is 14.9 Å². The van der Waals surface area contributed by atoms with Crippen molar-refractivity contribution in [1.29, 1.82) is 0 Å². The van der Waals surface area contributed by atoms with Crippen molar-refractivity contribution in [2.45, 2.75) is 37.1 Å². The molecule has 1 fully saturated rings. The molecule has 0 spiro atoms. The van der Waals surface area contributed by atoms with Crippen molar-refractivity contribution in [3.05, 3.63) is 24.5 Å². The van der Waals surface area contributed by atoms with Gasteiger partial charge in [0.05, 0.1) is 12.9 Å². The van der Waals surface area contributed by atoms with Gasteiger partial charge in [0.25, 0.3) is 0 Å². The third-order valence-corrected chi connectivity index (χ3v) is 3.89. The quantitative estimate of drug-likeness (QED) is 0.790. The number of imidazole rings is 1. The molecule has 6 nitrogen and oxygen atoms in total. The molecule has 2 heterocycles. The van der Waals surface area contributed by atoms with Gasteiger partial charge in [0.15, 0.2) is 5.16 Å². The Bertz CT molecular complexity index is 502. The summed E-state index contributed by atoms with van der Waals surface area (Å²) >= 11 is 1.74. The van der Waals surface area contributed by atoms with Gasteiger partial charge in [-0.2, -0.15) is 0 Å². The fourth-order valence-electron chi connectivity index (χ4n) is 1.91. The molecule has 2 aromatic rings. The number of nitrogens with zero attached hydrogens (tertiary/aromatic N) is 5. The van der Waals surface area contributed by atoms with Crippen molar-refractivity contribution < 1.29 is 0 Å². The fourth-order valence-corrected chi connectivity index (χ4v) is 2.88. The smallest absolute Gasteiger partial charge is 0.191 e. The number of rotatable bonds is 6. The zero-order valence-electron chi connectivity index (χ0n) is 10.1. The van der Waals surface area contributed by atoms with Crippen LogP contribution in [0, 0.1) is 0 Å². The third-order valence-electron chi connectivity index (χ3n) is 2.97. The summed E-state index contributed by atoms with van der Waals surface area (Å²) in [6.45, 7) is 1.39. The minimum Gasteiger partial charge on any atom is -0.337 e. The van der Waals surface area contributed by atoms with Crippen LogP contribution in [0.4, 0.5) is 0 Å². The lowest BCUT2D eigenvalue weighted by Crippen LogP contribution is -2.08. The largest absolute Gasteiger partial charge is 0.337 e. The molecule has 2 aromatic heterocycles. The lowest BCUT2D eigenvalue weighted by Gasteiger charge is -2.07. The molecule has 0 unspecified atom stereocenters. The summed E-state index contributed by atoms with van der Waals surface area (Å²) in [7, 11) is 0. The van der Waals surface area contributed by atoms with Crippen LogP contribution in [0.1, 0.15) is 24.7 Å². The van der Waals surface area contributed by atoms with Gasteiger partial charge in [-0.3, -0.25) is 0 Å². The average Bonchev–Trinajstić information content (AvgIpc) is 2.93. The highest BCUT2D eigenvalue weighted by molar-refractivity contribution is 7.99. The Kier molecular flexibility index (Phi) is 3.33. The average molecular weight is 264 g/mol. The third kappa shape index (κ3) is 2.41. The summed E-state index contributed by atoms with van der Waals surface area (Å²) in [6.07, 6.45) is 8.04. The molecule has 96 valence electrons. The van der Waals surface area contributed by atoms with Gasteiger partial charge in [0, 0.05) is 30.7 Å². The van der Waals surface area contributed by atoms with Gasteiger partial charge in [-0.15, -0.1) is 10.2 Å². The molecule has 1 aliphatic rings. The van der Waals surface area contributed by atoms with Crippen molar-refractivity contribution in [2.24, 2.45) is 5.73 Å². The van der Waals surface area contributed by atoms with Crippen molar-refractivity contribution in [3.8, 4) is 0 Å². The molecule has 18 heavy (non-hydrogen) atoms. The zero-order chi connectivity index (χ0) is 12.4. The van der Waals surface area contributed by atoms with Crippen LogP contribution in [-0.2, 0) is 13.1 Å². The van der Waals surface area contributed by atoms with E-state index < -0.39 is 0 Å². The topological polar surface area (TPSA) is 74.6 Å². The Morgan fingerprint density at radius 2 is 2.28 bits per heavy atom. The van der Waals surface area contributed by atoms with Gasteiger partial charge in [-0.1, -0.05) is 11.8 Å². The summed E-state index contributed by atoms with van der Waals surface area (Å²) in [5.74, 6) is 1.87. The first-order chi connectivity index (χ1) is 8.88. The van der Waals surface area contributed by atoms with Crippen LogP contribution in [0.25, 0.3) is 0 Å². The molecule has 0 radical (unpaired) electrons. The zero-order valence-corrected chi connectivity index (χ0v) is 10.9. The fraction of sp³-hybridized carbons (Fsp3) is 0.545. The van der Waals surface area contributed by atoms with Crippen LogP contribution < -0.4 is 5.73 Å². The van der Waals surface area contributed by atoms with Crippen LogP contribution in [0.15, 0.2) is 23.9 Å². The minimum absolute atomic E-state index is 0.464. The molecule has 7 heteroatoms. The molecule has 1 saturated carbocycles. The van der Waals surface area contributed by atoms with Crippen molar-refractivity contribution in [2.75, 3.05) is 5.75 Å². The molecule has 0 aromatic carbocycles. The van der Waals surface area contributed by atoms with Crippen LogP contribution in [0.5, 0.6) is 0 Å². The van der Waals surface area contributed by atoms with E-state index in [-0.39, 0.29) is 0 Å². The van der Waals surface area contributed by atoms with E-state index in [2.05, 4.69) is 24.3 Å². The Balaban J connectivity index is 1.63. The van der Waals surface area contributed by atoms with Crippen molar-refractivity contribution in [3.63, 3.8) is 0 Å². The summed E-state index contributed by atoms with van der Waals surface area (Å²) in [5.41, 5.74) is 5.69. The van der Waals surface area contributed by atoms with E-state index in [4.69, 9.17) is 5.73 Å². The first-order valence-corrected chi connectivity index (χ1v) is 7.09. The summed E-state index contributed by atoms with van der Waals surface area (Å²) in [6, 6.07) is 0.578. The predicted octanol–water partition coefficient (Wildman–Crippen LogP) is 1.06. The molecule has 2 N–H and O–H groups in total. The van der Waals surface area contributed by atoms with Gasteiger partial charge >= 0.3 is 0 Å². The Labute approximate surface area is 110 Å². The molecule has 0 saturated heterocycles. The highest BCUT2D eigenvalue weighted by Gasteiger charge is 2.28. The number of nitrogens with two attached hydrogens (primary N) is 1. The van der Waals surface area contributed by atoms with E-state index >= 15 is 0 Å². The first-order valence-electron chi connectivity index (χ1n) is 6.11. The second kappa shape index (κ2) is 5.11. The maximum atomic E-state index is 5.69.